The molecule has 0 radical (unpaired) electrons. The maximum atomic E-state index is 9.35. The number of pyridine rings is 1. The molecule has 0 bridgehead atoms. The van der Waals surface area contributed by atoms with E-state index in [1.54, 1.807) is 0 Å². The standard InChI is InChI=1S/C40H25N5/c41-25-27-16-18-30(19-17-27)38-23-32-20-21-33(22-34(32)39-35(26-42-45(38)39)28-10-4-1-5-11-28)37-24-36(29-12-6-2-7-13-29)43-40(44-37)31-14-8-3-9-15-31/h1-24,26H. The molecule has 0 aliphatic heterocycles. The second-order valence-corrected chi connectivity index (χ2v) is 10.9. The summed E-state index contributed by atoms with van der Waals surface area (Å²) in [5, 5.41) is 16.4. The van der Waals surface area contributed by atoms with Crippen molar-refractivity contribution in [2.24, 2.45) is 0 Å². The van der Waals surface area contributed by atoms with Crippen molar-refractivity contribution in [3.8, 4) is 62.4 Å². The lowest BCUT2D eigenvalue weighted by molar-refractivity contribution is 0.975. The van der Waals surface area contributed by atoms with E-state index in [1.165, 1.54) is 0 Å². The number of hydrogen-bond acceptors (Lipinski definition) is 4. The summed E-state index contributed by atoms with van der Waals surface area (Å²) in [4.78, 5) is 10.0. The molecule has 0 N–H and O–H groups in total. The van der Waals surface area contributed by atoms with E-state index in [-0.39, 0.29) is 0 Å². The molecule has 3 heterocycles. The zero-order chi connectivity index (χ0) is 30.2. The molecule has 0 saturated heterocycles. The van der Waals surface area contributed by atoms with Gasteiger partial charge in [-0.15, -0.1) is 0 Å². The molecule has 8 aromatic rings. The number of hydrogen-bond donors (Lipinski definition) is 0. The topological polar surface area (TPSA) is 66.9 Å². The van der Waals surface area contributed by atoms with Gasteiger partial charge in [0.1, 0.15) is 0 Å². The lowest BCUT2D eigenvalue weighted by atomic mass is 9.98. The Balaban J connectivity index is 1.38. The van der Waals surface area contributed by atoms with Gasteiger partial charge in [-0.1, -0.05) is 115 Å². The Bertz CT molecular complexity index is 2300. The average molecular weight is 576 g/mol. The van der Waals surface area contributed by atoms with Gasteiger partial charge in [0.15, 0.2) is 5.82 Å². The second kappa shape index (κ2) is 11.0. The minimum Gasteiger partial charge on any atom is -0.232 e. The fraction of sp³-hybridized carbons (Fsp3) is 0. The van der Waals surface area contributed by atoms with Crippen LogP contribution in [-0.4, -0.2) is 19.6 Å². The molecule has 0 aliphatic rings. The minimum absolute atomic E-state index is 0.625. The van der Waals surface area contributed by atoms with E-state index in [0.29, 0.717) is 11.4 Å². The van der Waals surface area contributed by atoms with Gasteiger partial charge in [-0.05, 0) is 41.3 Å². The molecule has 0 atom stereocenters. The first-order valence-corrected chi connectivity index (χ1v) is 14.8. The molecular formula is C40H25N5. The van der Waals surface area contributed by atoms with Crippen molar-refractivity contribution in [2.75, 3.05) is 0 Å². The first-order chi connectivity index (χ1) is 22.2. The quantitative estimate of drug-likeness (QED) is 0.205. The van der Waals surface area contributed by atoms with Gasteiger partial charge >= 0.3 is 0 Å². The molecule has 0 saturated carbocycles. The van der Waals surface area contributed by atoms with Crippen LogP contribution in [-0.2, 0) is 0 Å². The molecule has 0 unspecified atom stereocenters. The van der Waals surface area contributed by atoms with Crippen LogP contribution in [0.25, 0.3) is 72.6 Å². The molecule has 5 heteroatoms. The van der Waals surface area contributed by atoms with Gasteiger partial charge in [0.2, 0.25) is 0 Å². The fourth-order valence-corrected chi connectivity index (χ4v) is 5.86. The highest BCUT2D eigenvalue weighted by molar-refractivity contribution is 6.06. The predicted octanol–water partition coefficient (Wildman–Crippen LogP) is 9.48. The van der Waals surface area contributed by atoms with Crippen molar-refractivity contribution in [3.63, 3.8) is 0 Å². The van der Waals surface area contributed by atoms with E-state index in [2.05, 4.69) is 60.7 Å². The second-order valence-electron chi connectivity index (χ2n) is 10.9. The molecule has 210 valence electrons. The van der Waals surface area contributed by atoms with Gasteiger partial charge in [0, 0.05) is 33.2 Å². The molecule has 8 rings (SSSR count). The first kappa shape index (κ1) is 26.3. The van der Waals surface area contributed by atoms with E-state index in [4.69, 9.17) is 15.1 Å². The molecule has 5 aromatic carbocycles. The van der Waals surface area contributed by atoms with Gasteiger partial charge in [-0.25, -0.2) is 14.5 Å². The van der Waals surface area contributed by atoms with Crippen LogP contribution >= 0.6 is 0 Å². The lowest BCUT2D eigenvalue weighted by Gasteiger charge is -2.13. The minimum atomic E-state index is 0.625. The SMILES string of the molecule is N#Cc1ccc(-c2cc3ccc(-c4cc(-c5ccccc5)nc(-c5ccccc5)n4)cc3c3c(-c4ccccc4)cnn23)cc1. The molecule has 0 spiro atoms. The van der Waals surface area contributed by atoms with Crippen LogP contribution in [0.15, 0.2) is 152 Å². The zero-order valence-electron chi connectivity index (χ0n) is 24.2. The molecule has 0 aliphatic carbocycles. The molecule has 0 amide bonds. The summed E-state index contributed by atoms with van der Waals surface area (Å²) in [5.41, 5.74) is 10.4. The van der Waals surface area contributed by atoms with Crippen molar-refractivity contribution in [3.05, 3.63) is 157 Å². The zero-order valence-corrected chi connectivity index (χ0v) is 24.2. The van der Waals surface area contributed by atoms with Crippen LogP contribution in [0.4, 0.5) is 0 Å². The summed E-state index contributed by atoms with van der Waals surface area (Å²) in [6, 6.07) is 51.3. The van der Waals surface area contributed by atoms with Crippen LogP contribution < -0.4 is 0 Å². The summed E-state index contributed by atoms with van der Waals surface area (Å²) >= 11 is 0. The highest BCUT2D eigenvalue weighted by Crippen LogP contribution is 2.37. The van der Waals surface area contributed by atoms with Crippen LogP contribution in [0.5, 0.6) is 0 Å². The smallest absolute Gasteiger partial charge is 0.160 e. The maximum Gasteiger partial charge on any atom is 0.160 e. The Kier molecular flexibility index (Phi) is 6.44. The molecule has 45 heavy (non-hydrogen) atoms. The van der Waals surface area contributed by atoms with Crippen molar-refractivity contribution < 1.29 is 0 Å². The van der Waals surface area contributed by atoms with Gasteiger partial charge in [-0.3, -0.25) is 0 Å². The number of benzene rings is 5. The summed E-state index contributed by atoms with van der Waals surface area (Å²) in [5.74, 6) is 0.683. The van der Waals surface area contributed by atoms with E-state index in [9.17, 15) is 5.26 Å². The fourth-order valence-electron chi connectivity index (χ4n) is 5.86. The highest BCUT2D eigenvalue weighted by Gasteiger charge is 2.17. The normalized spacial score (nSPS) is 11.1. The van der Waals surface area contributed by atoms with Crippen LogP contribution in [0.1, 0.15) is 5.56 Å². The van der Waals surface area contributed by atoms with Crippen molar-refractivity contribution >= 4 is 16.3 Å². The van der Waals surface area contributed by atoms with Crippen molar-refractivity contribution in [2.45, 2.75) is 0 Å². The summed E-state index contributed by atoms with van der Waals surface area (Å²) < 4.78 is 2.01. The Morgan fingerprint density at radius 1 is 0.533 bits per heavy atom. The Labute approximate surface area is 260 Å². The third-order valence-electron chi connectivity index (χ3n) is 8.12. The third kappa shape index (κ3) is 4.81. The van der Waals surface area contributed by atoms with Gasteiger partial charge < -0.3 is 0 Å². The van der Waals surface area contributed by atoms with Crippen molar-refractivity contribution in [1.82, 2.24) is 19.6 Å². The van der Waals surface area contributed by atoms with Gasteiger partial charge in [0.25, 0.3) is 0 Å². The van der Waals surface area contributed by atoms with E-state index >= 15 is 0 Å². The number of aromatic nitrogens is 4. The highest BCUT2D eigenvalue weighted by atomic mass is 15.2. The van der Waals surface area contributed by atoms with Gasteiger partial charge in [-0.2, -0.15) is 10.4 Å². The summed E-state index contributed by atoms with van der Waals surface area (Å²) in [6.45, 7) is 0. The van der Waals surface area contributed by atoms with E-state index < -0.39 is 0 Å². The third-order valence-corrected chi connectivity index (χ3v) is 8.12. The number of nitrogens with zero attached hydrogens (tertiary/aromatic N) is 5. The van der Waals surface area contributed by atoms with Crippen molar-refractivity contribution in [1.29, 1.82) is 5.26 Å². The lowest BCUT2D eigenvalue weighted by Crippen LogP contribution is -1.97. The predicted molar refractivity (Wildman–Crippen MR) is 180 cm³/mol. The number of nitriles is 1. The molecule has 3 aromatic heterocycles. The first-order valence-electron chi connectivity index (χ1n) is 14.8. The van der Waals surface area contributed by atoms with Crippen LogP contribution in [0, 0.1) is 11.3 Å². The van der Waals surface area contributed by atoms with E-state index in [0.717, 1.165) is 66.8 Å². The largest absolute Gasteiger partial charge is 0.232 e. The van der Waals surface area contributed by atoms with Crippen LogP contribution in [0.3, 0.4) is 0 Å². The molecule has 5 nitrogen and oxygen atoms in total. The molecular weight excluding hydrogens is 550 g/mol. The Hall–Kier alpha value is -6.38. The van der Waals surface area contributed by atoms with Gasteiger partial charge in [0.05, 0.1) is 40.4 Å². The summed E-state index contributed by atoms with van der Waals surface area (Å²) in [6.07, 6.45) is 1.94. The number of fused-ring (bicyclic) bond motifs is 3. The number of rotatable bonds is 5. The summed E-state index contributed by atoms with van der Waals surface area (Å²) in [7, 11) is 0. The average Bonchev–Trinajstić information content (AvgIpc) is 3.58. The maximum absolute atomic E-state index is 9.35. The van der Waals surface area contributed by atoms with E-state index in [1.807, 2.05) is 102 Å². The van der Waals surface area contributed by atoms with Crippen LogP contribution in [0.2, 0.25) is 0 Å². The Morgan fingerprint density at radius 2 is 1.13 bits per heavy atom. The Morgan fingerprint density at radius 3 is 1.80 bits per heavy atom. The monoisotopic (exact) mass is 575 g/mol. The molecule has 0 fully saturated rings.